The molecule has 1 spiro atoms. The van der Waals surface area contributed by atoms with E-state index in [-0.39, 0.29) is 17.6 Å². The van der Waals surface area contributed by atoms with Crippen molar-refractivity contribution >= 4 is 12.1 Å². The van der Waals surface area contributed by atoms with Crippen molar-refractivity contribution in [2.24, 2.45) is 11.8 Å². The molecular weight excluding hydrogens is 196 g/mol. The summed E-state index contributed by atoms with van der Waals surface area (Å²) in [5, 5.41) is 0. The van der Waals surface area contributed by atoms with E-state index < -0.39 is 11.2 Å². The van der Waals surface area contributed by atoms with Gasteiger partial charge in [0, 0.05) is 13.0 Å². The Morgan fingerprint density at radius 3 is 2.93 bits per heavy atom. The van der Waals surface area contributed by atoms with Crippen LogP contribution in [0, 0.1) is 11.8 Å². The monoisotopic (exact) mass is 208 g/mol. The highest BCUT2D eigenvalue weighted by molar-refractivity contribution is 6.03. The Hall–Kier alpha value is -1.00. The highest BCUT2D eigenvalue weighted by Gasteiger charge is 2.70. The van der Waals surface area contributed by atoms with Crippen LogP contribution in [0.2, 0.25) is 0 Å². The van der Waals surface area contributed by atoms with Gasteiger partial charge in [0.25, 0.3) is 0 Å². The number of ketones is 1. The number of Topliss-reactive ketones (excluding diaryl/α,β-unsaturated/α-hetero) is 1. The van der Waals surface area contributed by atoms with Gasteiger partial charge in [-0.3, -0.25) is 4.79 Å². The van der Waals surface area contributed by atoms with E-state index in [0.717, 1.165) is 6.29 Å². The molecule has 2 fully saturated rings. The molecule has 1 saturated carbocycles. The van der Waals surface area contributed by atoms with Crippen molar-refractivity contribution in [1.29, 1.82) is 0 Å². The molecule has 1 aliphatic heterocycles. The molecule has 0 aromatic heterocycles. The third-order valence-electron chi connectivity index (χ3n) is 3.93. The molecule has 4 atom stereocenters. The molecule has 1 heterocycles. The van der Waals surface area contributed by atoms with E-state index in [0.29, 0.717) is 13.0 Å². The second kappa shape index (κ2) is 2.57. The first kappa shape index (κ1) is 9.24. The van der Waals surface area contributed by atoms with Crippen LogP contribution in [0.4, 0.5) is 0 Å². The summed E-state index contributed by atoms with van der Waals surface area (Å²) in [7, 11) is 1.47. The summed E-state index contributed by atoms with van der Waals surface area (Å²) in [6.07, 6.45) is 5.17. The molecule has 3 aliphatic carbocycles. The zero-order valence-corrected chi connectivity index (χ0v) is 8.43. The molecule has 15 heavy (non-hydrogen) atoms. The predicted octanol–water partition coefficient (Wildman–Crippen LogP) is 0.115. The number of fused-ring (bicyclic) bond motifs is 1. The third kappa shape index (κ3) is 0.851. The SMILES string of the molecule is CO[C@]12C=C[C@H](C[C@@H]1C=O)[C@@]1(CO1)C2=O. The third-order valence-corrected chi connectivity index (χ3v) is 3.93. The molecule has 4 nitrogen and oxygen atoms in total. The molecule has 0 aromatic carbocycles. The number of methoxy groups -OCH3 is 1. The zero-order valence-electron chi connectivity index (χ0n) is 8.43. The average molecular weight is 208 g/mol. The van der Waals surface area contributed by atoms with E-state index in [1.165, 1.54) is 7.11 Å². The predicted molar refractivity (Wildman–Crippen MR) is 50.2 cm³/mol. The van der Waals surface area contributed by atoms with Gasteiger partial charge >= 0.3 is 0 Å². The van der Waals surface area contributed by atoms with E-state index in [9.17, 15) is 9.59 Å². The fourth-order valence-corrected chi connectivity index (χ4v) is 2.89. The van der Waals surface area contributed by atoms with Crippen LogP contribution in [-0.2, 0) is 19.1 Å². The van der Waals surface area contributed by atoms with Gasteiger partial charge in [-0.2, -0.15) is 0 Å². The van der Waals surface area contributed by atoms with E-state index in [1.54, 1.807) is 6.08 Å². The van der Waals surface area contributed by atoms with Crippen molar-refractivity contribution in [2.75, 3.05) is 13.7 Å². The second-order valence-corrected chi connectivity index (χ2v) is 4.45. The first-order valence-corrected chi connectivity index (χ1v) is 5.08. The largest absolute Gasteiger partial charge is 0.365 e. The summed E-state index contributed by atoms with van der Waals surface area (Å²) in [5.41, 5.74) is -1.72. The first-order valence-electron chi connectivity index (χ1n) is 5.08. The average Bonchev–Trinajstić information content (AvgIpc) is 3.06. The van der Waals surface area contributed by atoms with Crippen molar-refractivity contribution < 1.29 is 19.1 Å². The van der Waals surface area contributed by atoms with Crippen LogP contribution in [0.25, 0.3) is 0 Å². The van der Waals surface area contributed by atoms with E-state index in [4.69, 9.17) is 9.47 Å². The molecule has 1 saturated heterocycles. The molecule has 0 N–H and O–H groups in total. The lowest BCUT2D eigenvalue weighted by Crippen LogP contribution is -2.62. The number of carbonyl (C=O) groups excluding carboxylic acids is 2. The van der Waals surface area contributed by atoms with Crippen LogP contribution in [0.15, 0.2) is 12.2 Å². The number of hydrogen-bond acceptors (Lipinski definition) is 4. The summed E-state index contributed by atoms with van der Waals surface area (Å²) in [4.78, 5) is 23.2. The van der Waals surface area contributed by atoms with E-state index in [1.807, 2.05) is 6.08 Å². The highest BCUT2D eigenvalue weighted by Crippen LogP contribution is 2.54. The molecule has 4 heteroatoms. The Morgan fingerprint density at radius 1 is 1.67 bits per heavy atom. The Bertz CT molecular complexity index is 369. The van der Waals surface area contributed by atoms with Gasteiger partial charge in [-0.25, -0.2) is 0 Å². The Morgan fingerprint density at radius 2 is 2.40 bits per heavy atom. The molecular formula is C11H12O4. The Labute approximate surface area is 87.2 Å². The van der Waals surface area contributed by atoms with Gasteiger partial charge in [0.1, 0.15) is 6.29 Å². The van der Waals surface area contributed by atoms with Gasteiger partial charge in [-0.05, 0) is 12.5 Å². The number of carbonyl (C=O) groups is 2. The molecule has 4 rings (SSSR count). The van der Waals surface area contributed by atoms with Crippen LogP contribution >= 0.6 is 0 Å². The van der Waals surface area contributed by atoms with Crippen molar-refractivity contribution in [1.82, 2.24) is 0 Å². The van der Waals surface area contributed by atoms with Crippen LogP contribution in [0.3, 0.4) is 0 Å². The minimum atomic E-state index is -1.06. The molecule has 0 aromatic rings. The first-order chi connectivity index (χ1) is 7.19. The van der Waals surface area contributed by atoms with Crippen molar-refractivity contribution in [3.05, 3.63) is 12.2 Å². The smallest absolute Gasteiger partial charge is 0.203 e. The summed E-state index contributed by atoms with van der Waals surface area (Å²) >= 11 is 0. The second-order valence-electron chi connectivity index (χ2n) is 4.45. The summed E-state index contributed by atoms with van der Waals surface area (Å²) in [6, 6.07) is 0. The molecule has 0 radical (unpaired) electrons. The maximum absolute atomic E-state index is 12.2. The zero-order chi connectivity index (χ0) is 10.7. The molecule has 0 unspecified atom stereocenters. The lowest BCUT2D eigenvalue weighted by molar-refractivity contribution is -0.160. The van der Waals surface area contributed by atoms with Crippen molar-refractivity contribution in [3.63, 3.8) is 0 Å². The van der Waals surface area contributed by atoms with Crippen LogP contribution < -0.4 is 0 Å². The minimum Gasteiger partial charge on any atom is -0.365 e. The minimum absolute atomic E-state index is 0.0530. The molecule has 0 amide bonds. The van der Waals surface area contributed by atoms with Gasteiger partial charge in [-0.1, -0.05) is 6.08 Å². The summed E-state index contributed by atoms with van der Waals surface area (Å²) < 4.78 is 10.6. The van der Waals surface area contributed by atoms with Crippen molar-refractivity contribution in [3.8, 4) is 0 Å². The Balaban J connectivity index is 2.12. The van der Waals surface area contributed by atoms with Gasteiger partial charge < -0.3 is 14.3 Å². The van der Waals surface area contributed by atoms with Crippen LogP contribution in [0.5, 0.6) is 0 Å². The Kier molecular flexibility index (Phi) is 1.58. The number of ether oxygens (including phenoxy) is 2. The standard InChI is InChI=1S/C11H12O4/c1-14-10-3-2-7(4-8(10)5-12)11(6-15-11)9(10)13/h2-3,5,7-8H,4,6H2,1H3/t7-,8-,10-,11+/m1/s1. The molecule has 80 valence electrons. The molecule has 4 aliphatic rings. The topological polar surface area (TPSA) is 55.9 Å². The van der Waals surface area contributed by atoms with Gasteiger partial charge in [-0.15, -0.1) is 0 Å². The van der Waals surface area contributed by atoms with E-state index in [2.05, 4.69) is 0 Å². The number of hydrogen-bond donors (Lipinski definition) is 0. The molecule has 2 bridgehead atoms. The van der Waals surface area contributed by atoms with Crippen LogP contribution in [0.1, 0.15) is 6.42 Å². The van der Waals surface area contributed by atoms with Crippen molar-refractivity contribution in [2.45, 2.75) is 17.6 Å². The van der Waals surface area contributed by atoms with Gasteiger partial charge in [0.05, 0.1) is 12.5 Å². The lowest BCUT2D eigenvalue weighted by Gasteiger charge is -2.46. The highest BCUT2D eigenvalue weighted by atomic mass is 16.6. The van der Waals surface area contributed by atoms with Crippen LogP contribution in [-0.4, -0.2) is 37.0 Å². The van der Waals surface area contributed by atoms with Gasteiger partial charge in [0.2, 0.25) is 5.78 Å². The maximum Gasteiger partial charge on any atom is 0.203 e. The maximum atomic E-state index is 12.2. The fourth-order valence-electron chi connectivity index (χ4n) is 2.89. The summed E-state index contributed by atoms with van der Waals surface area (Å²) in [5.74, 6) is -0.384. The number of aldehydes is 1. The number of epoxide rings is 1. The van der Waals surface area contributed by atoms with E-state index >= 15 is 0 Å². The lowest BCUT2D eigenvalue weighted by atomic mass is 9.60. The quantitative estimate of drug-likeness (QED) is 0.367. The van der Waals surface area contributed by atoms with Gasteiger partial charge in [0.15, 0.2) is 11.2 Å². The number of rotatable bonds is 2. The summed E-state index contributed by atoms with van der Waals surface area (Å²) in [6.45, 7) is 0.470. The normalized spacial score (nSPS) is 51.1. The fraction of sp³-hybridized carbons (Fsp3) is 0.636.